The Morgan fingerprint density at radius 3 is 2.40 bits per heavy atom. The van der Waals surface area contributed by atoms with Crippen molar-refractivity contribution in [1.29, 1.82) is 0 Å². The van der Waals surface area contributed by atoms with Gasteiger partial charge in [0.15, 0.2) is 0 Å². The van der Waals surface area contributed by atoms with E-state index in [4.69, 9.17) is 9.47 Å². The van der Waals surface area contributed by atoms with Crippen LogP contribution in [0.4, 0.5) is 4.79 Å². The lowest BCUT2D eigenvalue weighted by Gasteiger charge is -2.40. The van der Waals surface area contributed by atoms with E-state index in [1.807, 2.05) is 51.1 Å². The molecule has 1 aliphatic heterocycles. The molecule has 1 aliphatic carbocycles. The normalized spacial score (nSPS) is 23.4. The van der Waals surface area contributed by atoms with Crippen molar-refractivity contribution >= 4 is 12.1 Å². The quantitative estimate of drug-likeness (QED) is 0.717. The van der Waals surface area contributed by atoms with Crippen molar-refractivity contribution in [2.75, 3.05) is 6.61 Å². The molecule has 1 N–H and O–H groups in total. The zero-order valence-electron chi connectivity index (χ0n) is 18.4. The van der Waals surface area contributed by atoms with Gasteiger partial charge in [-0.25, -0.2) is 9.59 Å². The van der Waals surface area contributed by atoms with Crippen LogP contribution < -0.4 is 0 Å². The van der Waals surface area contributed by atoms with Crippen LogP contribution >= 0.6 is 0 Å². The first-order chi connectivity index (χ1) is 14.3. The second-order valence-electron chi connectivity index (χ2n) is 9.65. The maximum Gasteiger partial charge on any atom is 0.411 e. The van der Waals surface area contributed by atoms with Crippen molar-refractivity contribution in [2.45, 2.75) is 90.0 Å². The maximum atomic E-state index is 13.2. The molecule has 30 heavy (non-hydrogen) atoms. The topological polar surface area (TPSA) is 76.1 Å². The summed E-state index contributed by atoms with van der Waals surface area (Å²) in [6.45, 7) is 5.62. The van der Waals surface area contributed by atoms with Gasteiger partial charge in [0.05, 0.1) is 0 Å². The average molecular weight is 418 g/mol. The van der Waals surface area contributed by atoms with Gasteiger partial charge in [0.25, 0.3) is 0 Å². The third-order valence-electron chi connectivity index (χ3n) is 6.32. The molecule has 2 aliphatic rings. The molecule has 6 heteroatoms. The van der Waals surface area contributed by atoms with E-state index in [1.54, 1.807) is 4.90 Å². The predicted molar refractivity (Wildman–Crippen MR) is 114 cm³/mol. The lowest BCUT2D eigenvalue weighted by Crippen LogP contribution is -2.49. The fourth-order valence-corrected chi connectivity index (χ4v) is 5.11. The molecule has 6 nitrogen and oxygen atoms in total. The lowest BCUT2D eigenvalue weighted by molar-refractivity contribution is -0.160. The highest BCUT2D eigenvalue weighted by atomic mass is 16.6. The van der Waals surface area contributed by atoms with Gasteiger partial charge in [-0.05, 0) is 57.4 Å². The van der Waals surface area contributed by atoms with Crippen LogP contribution in [0.15, 0.2) is 30.3 Å². The number of likely N-dealkylation sites (tertiary alicyclic amines) is 1. The van der Waals surface area contributed by atoms with Crippen LogP contribution in [-0.2, 0) is 20.9 Å². The number of carbonyl (C=O) groups is 2. The number of rotatable bonds is 5. The van der Waals surface area contributed by atoms with Gasteiger partial charge in [0.1, 0.15) is 18.2 Å². The standard InChI is InChI=1S/C24H35NO5/c1-23(2,3)30-21(27)19-16-24(13-8-5-9-14-24)20(12-15-26)25(19)22(28)29-17-18-10-6-4-7-11-18/h4,6-7,10-11,19-20,26H,5,8-9,12-17H2,1-3H3/t19-,20+/m0/s1. The van der Waals surface area contributed by atoms with Gasteiger partial charge in [-0.1, -0.05) is 49.6 Å². The molecular weight excluding hydrogens is 382 g/mol. The molecule has 1 spiro atoms. The number of benzene rings is 1. The minimum Gasteiger partial charge on any atom is -0.458 e. The summed E-state index contributed by atoms with van der Waals surface area (Å²) in [7, 11) is 0. The van der Waals surface area contributed by atoms with Crippen LogP contribution in [0.3, 0.4) is 0 Å². The molecule has 2 atom stereocenters. The average Bonchev–Trinajstić information content (AvgIpc) is 3.00. The Bertz CT molecular complexity index is 721. The number of aliphatic hydroxyl groups excluding tert-OH is 1. The van der Waals surface area contributed by atoms with Crippen LogP contribution in [0.1, 0.15) is 71.3 Å². The van der Waals surface area contributed by atoms with Crippen LogP contribution in [0.25, 0.3) is 0 Å². The van der Waals surface area contributed by atoms with E-state index >= 15 is 0 Å². The van der Waals surface area contributed by atoms with Crippen molar-refractivity contribution < 1.29 is 24.2 Å². The summed E-state index contributed by atoms with van der Waals surface area (Å²) in [6.07, 6.45) is 5.76. The van der Waals surface area contributed by atoms with Crippen LogP contribution in [0.2, 0.25) is 0 Å². The van der Waals surface area contributed by atoms with Gasteiger partial charge in [-0.15, -0.1) is 0 Å². The van der Waals surface area contributed by atoms with Crippen molar-refractivity contribution in [3.63, 3.8) is 0 Å². The number of nitrogens with zero attached hydrogens (tertiary/aromatic N) is 1. The molecule has 1 saturated heterocycles. The fraction of sp³-hybridized carbons (Fsp3) is 0.667. The van der Waals surface area contributed by atoms with Crippen LogP contribution in [0, 0.1) is 5.41 Å². The molecule has 1 aromatic carbocycles. The Labute approximate surface area is 179 Å². The third kappa shape index (κ3) is 5.15. The molecule has 0 unspecified atom stereocenters. The highest BCUT2D eigenvalue weighted by Crippen LogP contribution is 2.52. The summed E-state index contributed by atoms with van der Waals surface area (Å²) in [5.41, 5.74) is 0.102. The minimum absolute atomic E-state index is 0.0318. The maximum absolute atomic E-state index is 13.2. The Kier molecular flexibility index (Phi) is 7.06. The van der Waals surface area contributed by atoms with Crippen LogP contribution in [0.5, 0.6) is 0 Å². The minimum atomic E-state index is -0.679. The van der Waals surface area contributed by atoms with Crippen molar-refractivity contribution in [2.24, 2.45) is 5.41 Å². The smallest absolute Gasteiger partial charge is 0.411 e. The van der Waals surface area contributed by atoms with Crippen LogP contribution in [-0.4, -0.2) is 46.4 Å². The first-order valence-electron chi connectivity index (χ1n) is 11.1. The highest BCUT2D eigenvalue weighted by molar-refractivity contribution is 5.83. The second-order valence-corrected chi connectivity index (χ2v) is 9.65. The van der Waals surface area contributed by atoms with Gasteiger partial charge in [0, 0.05) is 12.6 Å². The summed E-state index contributed by atoms with van der Waals surface area (Å²) in [6, 6.07) is 8.61. The lowest BCUT2D eigenvalue weighted by atomic mass is 9.67. The SMILES string of the molecule is CC(C)(C)OC(=O)[C@@H]1CC2(CCCCC2)[C@@H](CCO)N1C(=O)OCc1ccccc1. The first-order valence-corrected chi connectivity index (χ1v) is 11.1. The summed E-state index contributed by atoms with van der Waals surface area (Å²) >= 11 is 0. The second kappa shape index (κ2) is 9.38. The Morgan fingerprint density at radius 1 is 1.13 bits per heavy atom. The third-order valence-corrected chi connectivity index (χ3v) is 6.32. The Balaban J connectivity index is 1.85. The summed E-state index contributed by atoms with van der Waals surface area (Å²) in [4.78, 5) is 27.9. The fourth-order valence-electron chi connectivity index (χ4n) is 5.11. The van der Waals surface area contributed by atoms with E-state index in [9.17, 15) is 14.7 Å². The molecule has 1 saturated carbocycles. The van der Waals surface area contributed by atoms with Crippen molar-refractivity contribution in [3.8, 4) is 0 Å². The number of carbonyl (C=O) groups excluding carboxylic acids is 2. The van der Waals surface area contributed by atoms with E-state index < -0.39 is 17.7 Å². The zero-order chi connectivity index (χ0) is 21.8. The van der Waals surface area contributed by atoms with Gasteiger partial charge in [-0.2, -0.15) is 0 Å². The van der Waals surface area contributed by atoms with Gasteiger partial charge in [0.2, 0.25) is 0 Å². The molecule has 0 bridgehead atoms. The van der Waals surface area contributed by atoms with Gasteiger partial charge in [-0.3, -0.25) is 4.90 Å². The molecule has 1 aromatic rings. The number of amides is 1. The van der Waals surface area contributed by atoms with Crippen molar-refractivity contribution in [3.05, 3.63) is 35.9 Å². The molecule has 2 fully saturated rings. The van der Waals surface area contributed by atoms with Gasteiger partial charge < -0.3 is 14.6 Å². The number of hydrogen-bond acceptors (Lipinski definition) is 5. The predicted octanol–water partition coefficient (Wildman–Crippen LogP) is 4.44. The Morgan fingerprint density at radius 2 is 1.80 bits per heavy atom. The number of esters is 1. The monoisotopic (exact) mass is 417 g/mol. The molecule has 0 radical (unpaired) electrons. The van der Waals surface area contributed by atoms with E-state index in [0.717, 1.165) is 31.2 Å². The first kappa shape index (κ1) is 22.6. The molecule has 166 valence electrons. The number of hydrogen-bond donors (Lipinski definition) is 1. The molecular formula is C24H35NO5. The molecule has 0 aromatic heterocycles. The number of ether oxygens (including phenoxy) is 2. The van der Waals surface area contributed by atoms with E-state index in [-0.39, 0.29) is 30.6 Å². The molecule has 1 heterocycles. The summed E-state index contributed by atoms with van der Waals surface area (Å²) < 4.78 is 11.3. The van der Waals surface area contributed by atoms with E-state index in [0.29, 0.717) is 12.8 Å². The largest absolute Gasteiger partial charge is 0.458 e. The molecule has 1 amide bonds. The Hall–Kier alpha value is -2.08. The van der Waals surface area contributed by atoms with E-state index in [2.05, 4.69) is 0 Å². The van der Waals surface area contributed by atoms with E-state index in [1.165, 1.54) is 6.42 Å². The summed E-state index contributed by atoms with van der Waals surface area (Å²) in [5, 5.41) is 9.76. The zero-order valence-corrected chi connectivity index (χ0v) is 18.4. The van der Waals surface area contributed by atoms with Gasteiger partial charge >= 0.3 is 12.1 Å². The molecule has 3 rings (SSSR count). The summed E-state index contributed by atoms with van der Waals surface area (Å²) in [5.74, 6) is -0.385. The number of aliphatic hydroxyl groups is 1. The highest BCUT2D eigenvalue weighted by Gasteiger charge is 2.56. The van der Waals surface area contributed by atoms with Crippen molar-refractivity contribution in [1.82, 2.24) is 4.90 Å².